The van der Waals surface area contributed by atoms with E-state index in [0.29, 0.717) is 34.7 Å². The lowest BCUT2D eigenvalue weighted by atomic mass is 9.90. The van der Waals surface area contributed by atoms with E-state index in [-0.39, 0.29) is 23.2 Å². The second kappa shape index (κ2) is 12.0. The van der Waals surface area contributed by atoms with E-state index >= 15 is 4.39 Å². The molecule has 2 fully saturated rings. The first-order chi connectivity index (χ1) is 20.3. The Labute approximate surface area is 246 Å². The second-order valence-corrected chi connectivity index (χ2v) is 11.9. The Kier molecular flexibility index (Phi) is 8.18. The van der Waals surface area contributed by atoms with Gasteiger partial charge in [0.2, 0.25) is 5.95 Å². The molecule has 6 rings (SSSR count). The number of imidazole rings is 1. The largest absolute Gasteiger partial charge is 0.326 e. The molecule has 0 amide bonds. The van der Waals surface area contributed by atoms with Gasteiger partial charge in [-0.3, -0.25) is 4.90 Å². The second-order valence-electron chi connectivity index (χ2n) is 11.9. The van der Waals surface area contributed by atoms with Crippen molar-refractivity contribution in [3.8, 4) is 11.3 Å². The van der Waals surface area contributed by atoms with Crippen LogP contribution in [0, 0.1) is 24.5 Å². The summed E-state index contributed by atoms with van der Waals surface area (Å²) in [4.78, 5) is 22.8. The molecule has 1 aromatic carbocycles. The van der Waals surface area contributed by atoms with Gasteiger partial charge in [-0.1, -0.05) is 25.8 Å². The van der Waals surface area contributed by atoms with E-state index in [2.05, 4.69) is 43.1 Å². The van der Waals surface area contributed by atoms with Crippen molar-refractivity contribution in [1.82, 2.24) is 34.3 Å². The molecule has 0 spiro atoms. The minimum atomic E-state index is -0.627. The van der Waals surface area contributed by atoms with Crippen molar-refractivity contribution in [2.24, 2.45) is 5.92 Å². The lowest BCUT2D eigenvalue weighted by Crippen LogP contribution is -2.48. The number of rotatable bonds is 8. The highest BCUT2D eigenvalue weighted by atomic mass is 19.1. The number of likely N-dealkylation sites (N-methyl/N-ethyl adjacent to an activating group) is 1. The van der Waals surface area contributed by atoms with Gasteiger partial charge in [-0.05, 0) is 69.8 Å². The Morgan fingerprint density at radius 2 is 1.71 bits per heavy atom. The molecule has 1 atom stereocenters. The number of nitrogens with one attached hydrogen (secondary N) is 1. The molecular weight excluding hydrogens is 534 g/mol. The third-order valence-electron chi connectivity index (χ3n) is 8.92. The molecule has 3 aromatic heterocycles. The monoisotopic (exact) mass is 574 g/mol. The summed E-state index contributed by atoms with van der Waals surface area (Å²) >= 11 is 0. The highest BCUT2D eigenvalue weighted by molar-refractivity contribution is 5.83. The van der Waals surface area contributed by atoms with E-state index < -0.39 is 11.6 Å². The summed E-state index contributed by atoms with van der Waals surface area (Å²) in [6.07, 6.45) is 8.18. The van der Waals surface area contributed by atoms with Crippen molar-refractivity contribution < 1.29 is 8.78 Å². The molecule has 0 bridgehead atoms. The van der Waals surface area contributed by atoms with Crippen molar-refractivity contribution >= 4 is 22.8 Å². The third kappa shape index (κ3) is 5.62. The molecule has 8 nitrogen and oxygen atoms in total. The molecular formula is C32H40F2N8. The highest BCUT2D eigenvalue weighted by Gasteiger charge is 2.33. The van der Waals surface area contributed by atoms with Crippen LogP contribution in [0.25, 0.3) is 22.3 Å². The van der Waals surface area contributed by atoms with Gasteiger partial charge in [0.25, 0.3) is 0 Å². The van der Waals surface area contributed by atoms with Crippen LogP contribution in [0.4, 0.5) is 20.5 Å². The number of halogens is 2. The number of aryl methyl sites for hydroxylation is 1. The Bertz CT molecular complexity index is 1540. The first-order valence-corrected chi connectivity index (χ1v) is 15.2. The van der Waals surface area contributed by atoms with Crippen LogP contribution in [0.1, 0.15) is 69.9 Å². The zero-order valence-corrected chi connectivity index (χ0v) is 24.9. The molecule has 1 saturated heterocycles. The fourth-order valence-corrected chi connectivity index (χ4v) is 6.87. The number of anilines is 2. The van der Waals surface area contributed by atoms with Crippen LogP contribution in [-0.2, 0) is 0 Å². The molecule has 2 aliphatic rings. The molecule has 10 heteroatoms. The van der Waals surface area contributed by atoms with Gasteiger partial charge in [0.1, 0.15) is 22.9 Å². The van der Waals surface area contributed by atoms with Crippen LogP contribution >= 0.6 is 0 Å². The van der Waals surface area contributed by atoms with Gasteiger partial charge >= 0.3 is 0 Å². The Morgan fingerprint density at radius 1 is 0.952 bits per heavy atom. The van der Waals surface area contributed by atoms with E-state index in [1.807, 2.05) is 37.6 Å². The minimum absolute atomic E-state index is 0.0200. The normalized spacial score (nSPS) is 17.9. The van der Waals surface area contributed by atoms with Crippen LogP contribution in [0.3, 0.4) is 0 Å². The molecule has 4 heterocycles. The van der Waals surface area contributed by atoms with Crippen LogP contribution < -0.4 is 5.32 Å². The summed E-state index contributed by atoms with van der Waals surface area (Å²) in [6, 6.07) is 7.56. The van der Waals surface area contributed by atoms with Gasteiger partial charge < -0.3 is 14.8 Å². The number of nitrogens with zero attached hydrogens (tertiary/aromatic N) is 7. The van der Waals surface area contributed by atoms with E-state index in [1.165, 1.54) is 37.3 Å². The maximum Gasteiger partial charge on any atom is 0.229 e. The minimum Gasteiger partial charge on any atom is -0.326 e. The number of aromatic nitrogens is 5. The summed E-state index contributed by atoms with van der Waals surface area (Å²) in [5.41, 5.74) is 2.46. The van der Waals surface area contributed by atoms with E-state index in [0.717, 1.165) is 38.9 Å². The number of benzene rings is 1. The van der Waals surface area contributed by atoms with Gasteiger partial charge in [0, 0.05) is 50.0 Å². The fraction of sp³-hybridized carbons (Fsp3) is 0.500. The first kappa shape index (κ1) is 28.6. The maximum atomic E-state index is 15.1. The number of pyridine rings is 1. The topological polar surface area (TPSA) is 75.0 Å². The third-order valence-corrected chi connectivity index (χ3v) is 8.92. The van der Waals surface area contributed by atoms with E-state index in [4.69, 9.17) is 4.98 Å². The number of fused-ring (bicyclic) bond motifs is 1. The molecule has 4 aromatic rings. The van der Waals surface area contributed by atoms with E-state index in [1.54, 1.807) is 6.07 Å². The zero-order valence-electron chi connectivity index (χ0n) is 24.9. The Morgan fingerprint density at radius 3 is 2.38 bits per heavy atom. The van der Waals surface area contributed by atoms with Crippen LogP contribution in [0.15, 0.2) is 36.7 Å². The summed E-state index contributed by atoms with van der Waals surface area (Å²) < 4.78 is 32.0. The van der Waals surface area contributed by atoms with Crippen LogP contribution in [0.5, 0.6) is 0 Å². The zero-order chi connectivity index (χ0) is 29.4. The summed E-state index contributed by atoms with van der Waals surface area (Å²) in [5, 5.41) is 3.12. The average molecular weight is 575 g/mol. The van der Waals surface area contributed by atoms with Gasteiger partial charge in [-0.25, -0.2) is 28.7 Å². The average Bonchev–Trinajstić information content (AvgIpc) is 3.63. The summed E-state index contributed by atoms with van der Waals surface area (Å²) in [5.74, 6) is 0.987. The van der Waals surface area contributed by atoms with Crippen LogP contribution in [-0.4, -0.2) is 67.0 Å². The fourth-order valence-electron chi connectivity index (χ4n) is 6.87. The highest BCUT2D eigenvalue weighted by Crippen LogP contribution is 2.40. The van der Waals surface area contributed by atoms with Gasteiger partial charge in [0.05, 0.1) is 11.7 Å². The molecule has 1 aliphatic heterocycles. The first-order valence-electron chi connectivity index (χ1n) is 15.2. The Hall–Kier alpha value is -3.50. The van der Waals surface area contributed by atoms with Crippen molar-refractivity contribution in [1.29, 1.82) is 0 Å². The van der Waals surface area contributed by atoms with E-state index in [9.17, 15) is 4.39 Å². The predicted octanol–water partition coefficient (Wildman–Crippen LogP) is 6.67. The van der Waals surface area contributed by atoms with Crippen molar-refractivity contribution in [2.75, 3.05) is 38.0 Å². The molecule has 1 aliphatic carbocycles. The van der Waals surface area contributed by atoms with Crippen molar-refractivity contribution in [3.63, 3.8) is 0 Å². The van der Waals surface area contributed by atoms with Gasteiger partial charge in [-0.2, -0.15) is 0 Å². The number of hydrogen-bond acceptors (Lipinski definition) is 7. The summed E-state index contributed by atoms with van der Waals surface area (Å²) in [6.45, 7) is 13.5. The Balaban J connectivity index is 1.25. The van der Waals surface area contributed by atoms with Crippen LogP contribution in [0.2, 0.25) is 0 Å². The molecule has 0 unspecified atom stereocenters. The SMILES string of the molecule is CCN1CCN([C@@H](c2ccc(Nc3ncc(F)c(-c4cc(F)c5nc(C)n(C(C)C)c5c4)n3)nc2)C2CCCC2)CC1. The van der Waals surface area contributed by atoms with Crippen molar-refractivity contribution in [2.45, 2.75) is 65.5 Å². The lowest BCUT2D eigenvalue weighted by Gasteiger charge is -2.41. The molecule has 1 N–H and O–H groups in total. The van der Waals surface area contributed by atoms with Gasteiger partial charge in [0.15, 0.2) is 11.6 Å². The standard InChI is InChI=1S/C32H40F2N8/c1-5-40-12-14-41(15-13-40)31(22-8-6-7-9-22)23-10-11-28(35-18-23)38-32-36-19-26(34)29(39-32)24-16-25(33)30-27(17-24)42(20(2)3)21(4)37-30/h10-11,16-20,22,31H,5-9,12-15H2,1-4H3,(H,35,36,38,39)/t31-/m1/s1. The molecule has 1 saturated carbocycles. The smallest absolute Gasteiger partial charge is 0.229 e. The van der Waals surface area contributed by atoms with Crippen molar-refractivity contribution in [3.05, 3.63) is 59.7 Å². The quantitative estimate of drug-likeness (QED) is 0.252. The summed E-state index contributed by atoms with van der Waals surface area (Å²) in [7, 11) is 0. The molecule has 42 heavy (non-hydrogen) atoms. The number of hydrogen-bond donors (Lipinski definition) is 1. The molecule has 222 valence electrons. The predicted molar refractivity (Wildman–Crippen MR) is 162 cm³/mol. The maximum absolute atomic E-state index is 15.1. The number of piperazine rings is 1. The lowest BCUT2D eigenvalue weighted by molar-refractivity contribution is 0.0718. The molecule has 0 radical (unpaired) electrons. The van der Waals surface area contributed by atoms with Gasteiger partial charge in [-0.15, -0.1) is 0 Å².